The van der Waals surface area contributed by atoms with Gasteiger partial charge in [-0.1, -0.05) is 19.1 Å². The van der Waals surface area contributed by atoms with Crippen molar-refractivity contribution in [3.05, 3.63) is 41.6 Å². The normalized spacial score (nSPS) is 28.4. The highest BCUT2D eigenvalue weighted by molar-refractivity contribution is 5.87. The number of hydrogen-bond acceptors (Lipinski definition) is 4. The van der Waals surface area contributed by atoms with Gasteiger partial charge < -0.3 is 10.6 Å². The Bertz CT molecular complexity index is 881. The highest BCUT2D eigenvalue weighted by Crippen LogP contribution is 2.36. The molecule has 2 fully saturated rings. The molecule has 2 aromatic rings. The summed E-state index contributed by atoms with van der Waals surface area (Å²) in [6.45, 7) is 3.78. The number of benzene rings is 1. The Labute approximate surface area is 153 Å². The zero-order valence-electron chi connectivity index (χ0n) is 15.1. The third-order valence-electron chi connectivity index (χ3n) is 5.86. The summed E-state index contributed by atoms with van der Waals surface area (Å²) in [4.78, 5) is 19.3. The Balaban J connectivity index is 1.64. The van der Waals surface area contributed by atoms with E-state index in [1.54, 1.807) is 6.20 Å². The Morgan fingerprint density at radius 1 is 1.27 bits per heavy atom. The van der Waals surface area contributed by atoms with E-state index in [2.05, 4.69) is 18.0 Å². The number of nitriles is 1. The van der Waals surface area contributed by atoms with Crippen molar-refractivity contribution >= 4 is 16.8 Å². The monoisotopic (exact) mass is 348 g/mol. The molecule has 1 amide bonds. The van der Waals surface area contributed by atoms with Crippen LogP contribution in [0.1, 0.15) is 43.2 Å². The van der Waals surface area contributed by atoms with Crippen LogP contribution in [0.5, 0.6) is 0 Å². The van der Waals surface area contributed by atoms with Crippen LogP contribution in [0, 0.1) is 23.2 Å². The zero-order chi connectivity index (χ0) is 18.3. The average Bonchev–Trinajstić information content (AvgIpc) is 2.63. The second-order valence-corrected chi connectivity index (χ2v) is 7.92. The Morgan fingerprint density at radius 3 is 2.81 bits per heavy atom. The zero-order valence-corrected chi connectivity index (χ0v) is 15.1. The number of fused-ring (bicyclic) bond motifs is 1. The molecule has 1 aliphatic heterocycles. The van der Waals surface area contributed by atoms with Crippen LogP contribution in [0.15, 0.2) is 30.5 Å². The van der Waals surface area contributed by atoms with Gasteiger partial charge in [-0.05, 0) is 42.9 Å². The van der Waals surface area contributed by atoms with Crippen LogP contribution in [0.25, 0.3) is 10.9 Å². The molecule has 0 bridgehead atoms. The fraction of sp³-hybridized carbons (Fsp3) is 0.476. The van der Waals surface area contributed by atoms with Gasteiger partial charge in [0.1, 0.15) is 6.07 Å². The molecule has 4 rings (SSSR count). The summed E-state index contributed by atoms with van der Waals surface area (Å²) in [5.74, 6) is 1.10. The van der Waals surface area contributed by atoms with Crippen molar-refractivity contribution in [3.63, 3.8) is 0 Å². The van der Waals surface area contributed by atoms with Gasteiger partial charge in [0.25, 0.3) is 0 Å². The van der Waals surface area contributed by atoms with Crippen LogP contribution in [-0.4, -0.2) is 34.9 Å². The molecule has 1 saturated heterocycles. The maximum atomic E-state index is 12.8. The first-order valence-corrected chi connectivity index (χ1v) is 9.39. The van der Waals surface area contributed by atoms with E-state index in [0.29, 0.717) is 11.5 Å². The average molecular weight is 348 g/mol. The Morgan fingerprint density at radius 2 is 2.08 bits per heavy atom. The van der Waals surface area contributed by atoms with Gasteiger partial charge in [-0.2, -0.15) is 5.26 Å². The fourth-order valence-electron chi connectivity index (χ4n) is 4.52. The number of piperidine rings is 1. The molecular weight excluding hydrogens is 324 g/mol. The van der Waals surface area contributed by atoms with E-state index < -0.39 is 0 Å². The molecule has 0 spiro atoms. The molecule has 26 heavy (non-hydrogen) atoms. The molecule has 134 valence electrons. The lowest BCUT2D eigenvalue weighted by Crippen LogP contribution is -2.50. The summed E-state index contributed by atoms with van der Waals surface area (Å²) in [6, 6.07) is 10.3. The largest absolute Gasteiger partial charge is 0.342 e. The van der Waals surface area contributed by atoms with Crippen LogP contribution in [0.2, 0.25) is 0 Å². The van der Waals surface area contributed by atoms with Crippen LogP contribution >= 0.6 is 0 Å². The minimum atomic E-state index is 0.107. The molecule has 0 unspecified atom stereocenters. The smallest absolute Gasteiger partial charge is 0.225 e. The van der Waals surface area contributed by atoms with Crippen LogP contribution in [0.3, 0.4) is 0 Å². The Hall–Kier alpha value is -2.45. The molecule has 1 aromatic heterocycles. The second kappa shape index (κ2) is 6.69. The number of rotatable bonds is 2. The van der Waals surface area contributed by atoms with Crippen molar-refractivity contribution in [1.82, 2.24) is 9.88 Å². The topological polar surface area (TPSA) is 83.0 Å². The maximum Gasteiger partial charge on any atom is 0.225 e. The lowest BCUT2D eigenvalue weighted by molar-refractivity contribution is -0.140. The first kappa shape index (κ1) is 17.0. The minimum absolute atomic E-state index is 0.107. The quantitative estimate of drug-likeness (QED) is 0.904. The first-order valence-electron chi connectivity index (χ1n) is 9.39. The van der Waals surface area contributed by atoms with Crippen LogP contribution in [0.4, 0.5) is 0 Å². The molecule has 2 atom stereocenters. The number of carbonyl (C=O) groups excluding carboxylic acids is 1. The fourth-order valence-corrected chi connectivity index (χ4v) is 4.52. The van der Waals surface area contributed by atoms with Crippen LogP contribution in [-0.2, 0) is 4.79 Å². The van der Waals surface area contributed by atoms with Crippen molar-refractivity contribution in [2.24, 2.45) is 17.6 Å². The van der Waals surface area contributed by atoms with Crippen molar-refractivity contribution in [1.29, 1.82) is 5.26 Å². The third-order valence-corrected chi connectivity index (χ3v) is 5.86. The number of carbonyl (C=O) groups is 1. The van der Waals surface area contributed by atoms with Gasteiger partial charge in [0.15, 0.2) is 0 Å². The molecule has 5 heteroatoms. The molecule has 5 nitrogen and oxygen atoms in total. The number of aromatic nitrogens is 1. The predicted molar refractivity (Wildman–Crippen MR) is 100 cm³/mol. The molecule has 2 heterocycles. The van der Waals surface area contributed by atoms with Crippen molar-refractivity contribution in [2.75, 3.05) is 13.1 Å². The van der Waals surface area contributed by atoms with Gasteiger partial charge in [-0.3, -0.25) is 9.78 Å². The Kier molecular flexibility index (Phi) is 4.37. The van der Waals surface area contributed by atoms with Gasteiger partial charge in [-0.15, -0.1) is 0 Å². The number of pyridine rings is 1. The lowest BCUT2D eigenvalue weighted by Gasteiger charge is -2.41. The summed E-state index contributed by atoms with van der Waals surface area (Å²) in [7, 11) is 0. The summed E-state index contributed by atoms with van der Waals surface area (Å²) in [5, 5.41) is 10.4. The maximum absolute atomic E-state index is 12.8. The highest BCUT2D eigenvalue weighted by atomic mass is 16.2. The molecule has 2 aliphatic rings. The van der Waals surface area contributed by atoms with Crippen molar-refractivity contribution in [2.45, 2.75) is 38.1 Å². The summed E-state index contributed by atoms with van der Waals surface area (Å²) >= 11 is 0. The number of nitrogens with two attached hydrogens (primary N) is 1. The summed E-state index contributed by atoms with van der Waals surface area (Å²) < 4.78 is 0. The number of likely N-dealkylation sites (tertiary alicyclic amines) is 1. The standard InChI is InChI=1S/C21H24N4O/c1-13-7-16(12-25(11-13)21(26)15-8-17(23)9-15)18-5-4-14(10-22)20-19(18)3-2-6-24-20/h2-6,13,15-17H,7-9,11-12,23H2,1H3/t13-,15?,16+,17?/m1/s1. The number of hydrogen-bond donors (Lipinski definition) is 1. The van der Waals surface area contributed by atoms with E-state index in [1.807, 2.05) is 29.2 Å². The molecule has 1 aliphatic carbocycles. The predicted octanol–water partition coefficient (Wildman–Crippen LogP) is 2.80. The molecule has 0 radical (unpaired) electrons. The molecule has 1 saturated carbocycles. The van der Waals surface area contributed by atoms with Gasteiger partial charge in [0, 0.05) is 42.6 Å². The van der Waals surface area contributed by atoms with Gasteiger partial charge in [0.2, 0.25) is 5.91 Å². The molecule has 2 N–H and O–H groups in total. The van der Waals surface area contributed by atoms with E-state index in [9.17, 15) is 10.1 Å². The van der Waals surface area contributed by atoms with Gasteiger partial charge >= 0.3 is 0 Å². The minimum Gasteiger partial charge on any atom is -0.342 e. The first-order chi connectivity index (χ1) is 12.6. The van der Waals surface area contributed by atoms with E-state index in [-0.39, 0.29) is 23.8 Å². The highest BCUT2D eigenvalue weighted by Gasteiger charge is 2.38. The summed E-state index contributed by atoms with van der Waals surface area (Å²) in [6.07, 6.45) is 4.41. The van der Waals surface area contributed by atoms with Crippen molar-refractivity contribution < 1.29 is 4.79 Å². The van der Waals surface area contributed by atoms with Gasteiger partial charge in [-0.25, -0.2) is 0 Å². The van der Waals surface area contributed by atoms with E-state index in [0.717, 1.165) is 43.3 Å². The molecular formula is C21H24N4O. The SMILES string of the molecule is C[C@@H]1C[C@H](c2ccc(C#N)c3ncccc23)CN(C(=O)C2CC(N)C2)C1. The van der Waals surface area contributed by atoms with E-state index in [4.69, 9.17) is 5.73 Å². The van der Waals surface area contributed by atoms with Gasteiger partial charge in [0.05, 0.1) is 11.1 Å². The third kappa shape index (κ3) is 2.95. The second-order valence-electron chi connectivity index (χ2n) is 7.92. The summed E-state index contributed by atoms with van der Waals surface area (Å²) in [5.41, 5.74) is 8.42. The van der Waals surface area contributed by atoms with E-state index >= 15 is 0 Å². The van der Waals surface area contributed by atoms with Crippen molar-refractivity contribution in [3.8, 4) is 6.07 Å². The lowest BCUT2D eigenvalue weighted by atomic mass is 9.78. The number of nitrogens with zero attached hydrogens (tertiary/aromatic N) is 3. The molecule has 1 aromatic carbocycles. The van der Waals surface area contributed by atoms with E-state index in [1.165, 1.54) is 5.56 Å². The number of amides is 1. The van der Waals surface area contributed by atoms with Crippen LogP contribution < -0.4 is 5.73 Å².